The van der Waals surface area contributed by atoms with Crippen LogP contribution in [-0.2, 0) is 9.59 Å². The van der Waals surface area contributed by atoms with Gasteiger partial charge in [0.25, 0.3) is 0 Å². The van der Waals surface area contributed by atoms with E-state index in [1.807, 2.05) is 72.5 Å². The molecule has 0 bridgehead atoms. The van der Waals surface area contributed by atoms with Crippen molar-refractivity contribution in [1.29, 1.82) is 0 Å². The summed E-state index contributed by atoms with van der Waals surface area (Å²) in [7, 11) is 0. The molecule has 0 aliphatic carbocycles. The summed E-state index contributed by atoms with van der Waals surface area (Å²) in [5.41, 5.74) is 1.99. The van der Waals surface area contributed by atoms with Crippen LogP contribution in [0, 0.1) is 0 Å². The zero-order valence-electron chi connectivity index (χ0n) is 15.9. The maximum absolute atomic E-state index is 13.1. The number of nitrogens with one attached hydrogen (secondary N) is 1. The number of amides is 2. The SMILES string of the molecule is CCCC(=O)N1CCC(NC(=O)C(c2ccccc2)c2ccccc2)CC1. The van der Waals surface area contributed by atoms with Crippen LogP contribution in [-0.4, -0.2) is 35.8 Å². The molecule has 2 amide bonds. The van der Waals surface area contributed by atoms with Crippen LogP contribution in [0.5, 0.6) is 0 Å². The Morgan fingerprint density at radius 1 is 0.963 bits per heavy atom. The molecule has 4 nitrogen and oxygen atoms in total. The van der Waals surface area contributed by atoms with Gasteiger partial charge in [-0.3, -0.25) is 9.59 Å². The molecule has 0 aromatic heterocycles. The van der Waals surface area contributed by atoms with E-state index in [9.17, 15) is 9.59 Å². The third kappa shape index (κ3) is 4.97. The maximum Gasteiger partial charge on any atom is 0.232 e. The summed E-state index contributed by atoms with van der Waals surface area (Å²) in [5.74, 6) is -0.0494. The van der Waals surface area contributed by atoms with Crippen molar-refractivity contribution < 1.29 is 9.59 Å². The predicted molar refractivity (Wildman–Crippen MR) is 107 cm³/mol. The number of nitrogens with zero attached hydrogens (tertiary/aromatic N) is 1. The number of hydrogen-bond acceptors (Lipinski definition) is 2. The lowest BCUT2D eigenvalue weighted by Gasteiger charge is -2.33. The van der Waals surface area contributed by atoms with E-state index >= 15 is 0 Å². The van der Waals surface area contributed by atoms with Gasteiger partial charge in [-0.15, -0.1) is 0 Å². The van der Waals surface area contributed by atoms with E-state index in [1.165, 1.54) is 0 Å². The number of likely N-dealkylation sites (tertiary alicyclic amines) is 1. The molecular weight excluding hydrogens is 336 g/mol. The molecular formula is C23H28N2O2. The highest BCUT2D eigenvalue weighted by atomic mass is 16.2. The highest BCUT2D eigenvalue weighted by Gasteiger charge is 2.27. The molecule has 27 heavy (non-hydrogen) atoms. The molecule has 0 atom stereocenters. The van der Waals surface area contributed by atoms with Gasteiger partial charge in [0.05, 0.1) is 5.92 Å². The second-order valence-corrected chi connectivity index (χ2v) is 7.17. The monoisotopic (exact) mass is 364 g/mol. The summed E-state index contributed by atoms with van der Waals surface area (Å²) in [4.78, 5) is 27.1. The van der Waals surface area contributed by atoms with Crippen molar-refractivity contribution >= 4 is 11.8 Å². The van der Waals surface area contributed by atoms with Crippen LogP contribution in [0.15, 0.2) is 60.7 Å². The Morgan fingerprint density at radius 2 is 1.48 bits per heavy atom. The normalized spacial score (nSPS) is 15.0. The zero-order chi connectivity index (χ0) is 19.1. The molecule has 1 N–H and O–H groups in total. The molecule has 142 valence electrons. The van der Waals surface area contributed by atoms with Gasteiger partial charge in [-0.2, -0.15) is 0 Å². The van der Waals surface area contributed by atoms with Gasteiger partial charge in [-0.1, -0.05) is 67.6 Å². The summed E-state index contributed by atoms with van der Waals surface area (Å²) < 4.78 is 0. The minimum Gasteiger partial charge on any atom is -0.352 e. The van der Waals surface area contributed by atoms with Crippen LogP contribution in [0.25, 0.3) is 0 Å². The average Bonchev–Trinajstić information content (AvgIpc) is 2.70. The van der Waals surface area contributed by atoms with Gasteiger partial charge in [0.2, 0.25) is 11.8 Å². The number of piperidine rings is 1. The Bertz CT molecular complexity index is 698. The summed E-state index contributed by atoms with van der Waals surface area (Å²) >= 11 is 0. The van der Waals surface area contributed by atoms with Crippen molar-refractivity contribution in [3.8, 4) is 0 Å². The van der Waals surface area contributed by atoms with Crippen LogP contribution >= 0.6 is 0 Å². The molecule has 0 saturated carbocycles. The molecule has 4 heteroatoms. The van der Waals surface area contributed by atoms with Crippen LogP contribution in [0.1, 0.15) is 49.7 Å². The average molecular weight is 364 g/mol. The van der Waals surface area contributed by atoms with E-state index in [-0.39, 0.29) is 23.8 Å². The van der Waals surface area contributed by atoms with Crippen LogP contribution < -0.4 is 5.32 Å². The first kappa shape index (κ1) is 19.2. The van der Waals surface area contributed by atoms with Crippen molar-refractivity contribution in [3.63, 3.8) is 0 Å². The van der Waals surface area contributed by atoms with Crippen LogP contribution in [0.2, 0.25) is 0 Å². The molecule has 0 radical (unpaired) electrons. The minimum absolute atomic E-state index is 0.0331. The van der Waals surface area contributed by atoms with E-state index in [4.69, 9.17) is 0 Å². The topological polar surface area (TPSA) is 49.4 Å². The largest absolute Gasteiger partial charge is 0.352 e. The van der Waals surface area contributed by atoms with Gasteiger partial charge in [-0.05, 0) is 30.4 Å². The van der Waals surface area contributed by atoms with E-state index < -0.39 is 0 Å². The van der Waals surface area contributed by atoms with Gasteiger partial charge >= 0.3 is 0 Å². The quantitative estimate of drug-likeness (QED) is 0.849. The third-order valence-electron chi connectivity index (χ3n) is 5.19. The Labute approximate surface area is 161 Å². The summed E-state index contributed by atoms with van der Waals surface area (Å²) in [5, 5.41) is 3.23. The Morgan fingerprint density at radius 3 is 1.96 bits per heavy atom. The molecule has 0 spiro atoms. The van der Waals surface area contributed by atoms with Crippen molar-refractivity contribution in [1.82, 2.24) is 10.2 Å². The molecule has 3 rings (SSSR count). The summed E-state index contributed by atoms with van der Waals surface area (Å²) in [6, 6.07) is 19.9. The zero-order valence-corrected chi connectivity index (χ0v) is 15.9. The smallest absolute Gasteiger partial charge is 0.232 e. The first-order valence-electron chi connectivity index (χ1n) is 9.87. The van der Waals surface area contributed by atoms with Crippen LogP contribution in [0.4, 0.5) is 0 Å². The van der Waals surface area contributed by atoms with Gasteiger partial charge in [-0.25, -0.2) is 0 Å². The van der Waals surface area contributed by atoms with Gasteiger partial charge < -0.3 is 10.2 Å². The molecule has 1 aliphatic heterocycles. The van der Waals surface area contributed by atoms with Crippen molar-refractivity contribution in [2.75, 3.05) is 13.1 Å². The number of hydrogen-bond donors (Lipinski definition) is 1. The summed E-state index contributed by atoms with van der Waals surface area (Å²) in [6.45, 7) is 3.48. The van der Waals surface area contributed by atoms with Gasteiger partial charge in [0, 0.05) is 25.6 Å². The van der Waals surface area contributed by atoms with E-state index in [2.05, 4.69) is 5.32 Å². The fourth-order valence-corrected chi connectivity index (χ4v) is 3.72. The first-order chi connectivity index (χ1) is 13.2. The predicted octanol–water partition coefficient (Wildman–Crippen LogP) is 3.73. The lowest BCUT2D eigenvalue weighted by atomic mass is 9.90. The van der Waals surface area contributed by atoms with Crippen molar-refractivity contribution in [2.24, 2.45) is 0 Å². The molecule has 1 fully saturated rings. The maximum atomic E-state index is 13.1. The fraction of sp³-hybridized carbons (Fsp3) is 0.391. The number of benzene rings is 2. The second kappa shape index (κ2) is 9.36. The molecule has 0 unspecified atom stereocenters. The standard InChI is InChI=1S/C23H28N2O2/c1-2-9-21(26)25-16-14-20(15-17-25)24-23(27)22(18-10-5-3-6-11-18)19-12-7-4-8-13-19/h3-8,10-13,20,22H,2,9,14-17H2,1H3,(H,24,27). The lowest BCUT2D eigenvalue weighted by Crippen LogP contribution is -2.47. The third-order valence-corrected chi connectivity index (χ3v) is 5.19. The molecule has 2 aromatic rings. The lowest BCUT2D eigenvalue weighted by molar-refractivity contribution is -0.132. The fourth-order valence-electron chi connectivity index (χ4n) is 3.72. The first-order valence-corrected chi connectivity index (χ1v) is 9.87. The Kier molecular flexibility index (Phi) is 6.64. The van der Waals surface area contributed by atoms with E-state index in [0.717, 1.165) is 43.5 Å². The highest BCUT2D eigenvalue weighted by Crippen LogP contribution is 2.25. The number of rotatable bonds is 6. The Hall–Kier alpha value is -2.62. The van der Waals surface area contributed by atoms with Crippen LogP contribution in [0.3, 0.4) is 0 Å². The van der Waals surface area contributed by atoms with Gasteiger partial charge in [0.15, 0.2) is 0 Å². The molecule has 1 heterocycles. The number of carbonyl (C=O) groups excluding carboxylic acids is 2. The Balaban J connectivity index is 1.67. The number of carbonyl (C=O) groups is 2. The van der Waals surface area contributed by atoms with Crippen molar-refractivity contribution in [3.05, 3.63) is 71.8 Å². The van der Waals surface area contributed by atoms with Gasteiger partial charge in [0.1, 0.15) is 0 Å². The molecule has 1 aliphatic rings. The van der Waals surface area contributed by atoms with Crippen molar-refractivity contribution in [2.45, 2.75) is 44.6 Å². The molecule has 2 aromatic carbocycles. The minimum atomic E-state index is -0.313. The highest BCUT2D eigenvalue weighted by molar-refractivity contribution is 5.87. The van der Waals surface area contributed by atoms with E-state index in [1.54, 1.807) is 0 Å². The van der Waals surface area contributed by atoms with E-state index in [0.29, 0.717) is 6.42 Å². The second-order valence-electron chi connectivity index (χ2n) is 7.17. The summed E-state index contributed by atoms with van der Waals surface area (Å²) in [6.07, 6.45) is 3.13. The molecule has 1 saturated heterocycles.